The first kappa shape index (κ1) is 14.5. The number of likely N-dealkylation sites (N-methyl/N-ethyl adjacent to an activating group) is 1. The van der Waals surface area contributed by atoms with Gasteiger partial charge in [-0.15, -0.1) is 0 Å². The maximum Gasteiger partial charge on any atom is 0.347 e. The molecule has 120 valence electrons. The van der Waals surface area contributed by atoms with Crippen LogP contribution in [-0.2, 0) is 10.4 Å². The largest absolute Gasteiger partial charge is 0.506 e. The third-order valence-corrected chi connectivity index (χ3v) is 4.42. The van der Waals surface area contributed by atoms with E-state index in [4.69, 9.17) is 4.42 Å². The van der Waals surface area contributed by atoms with Crippen LogP contribution in [0.2, 0.25) is 0 Å². The minimum Gasteiger partial charge on any atom is -0.506 e. The fraction of sp³-hybridized carbons (Fsp3) is 0.111. The number of hydrogen-bond donors (Lipinski definition) is 2. The zero-order chi connectivity index (χ0) is 17.1. The van der Waals surface area contributed by atoms with Crippen molar-refractivity contribution in [3.8, 4) is 5.75 Å². The number of benzene rings is 2. The van der Waals surface area contributed by atoms with Crippen molar-refractivity contribution in [3.05, 3.63) is 70.1 Å². The number of aromatic hydroxyl groups is 1. The molecule has 3 aromatic rings. The molecule has 0 saturated heterocycles. The van der Waals surface area contributed by atoms with Crippen LogP contribution in [-0.4, -0.2) is 23.2 Å². The second kappa shape index (κ2) is 4.69. The minimum absolute atomic E-state index is 0.180. The molecule has 2 aromatic carbocycles. The molecule has 1 aromatic heterocycles. The minimum atomic E-state index is -2.29. The molecule has 1 aliphatic rings. The highest BCUT2D eigenvalue weighted by Gasteiger charge is 2.53. The van der Waals surface area contributed by atoms with Gasteiger partial charge in [0.1, 0.15) is 16.9 Å². The molecule has 6 heteroatoms. The first-order valence-corrected chi connectivity index (χ1v) is 7.31. The van der Waals surface area contributed by atoms with Crippen LogP contribution in [0.15, 0.2) is 57.7 Å². The molecule has 4 rings (SSSR count). The Morgan fingerprint density at radius 1 is 1.04 bits per heavy atom. The Hall–Kier alpha value is -3.12. The molecule has 2 N–H and O–H groups in total. The SMILES string of the molecule is CN1C(=O)C(O)(c2c(O)c3ccccc3oc2=O)c2ccccc21. The van der Waals surface area contributed by atoms with Gasteiger partial charge in [-0.25, -0.2) is 4.79 Å². The normalized spacial score (nSPS) is 19.8. The van der Waals surface area contributed by atoms with Gasteiger partial charge < -0.3 is 19.5 Å². The summed E-state index contributed by atoms with van der Waals surface area (Å²) in [5.74, 6) is -1.18. The van der Waals surface area contributed by atoms with Crippen molar-refractivity contribution in [3.63, 3.8) is 0 Å². The highest BCUT2D eigenvalue weighted by Crippen LogP contribution is 2.46. The number of carbonyl (C=O) groups is 1. The molecular formula is C18H13NO5. The van der Waals surface area contributed by atoms with Gasteiger partial charge in [-0.05, 0) is 18.2 Å². The number of carbonyl (C=O) groups excluding carboxylic acids is 1. The molecule has 0 aliphatic carbocycles. The van der Waals surface area contributed by atoms with Crippen molar-refractivity contribution in [2.75, 3.05) is 11.9 Å². The predicted molar refractivity (Wildman–Crippen MR) is 87.0 cm³/mol. The van der Waals surface area contributed by atoms with E-state index in [0.29, 0.717) is 5.69 Å². The van der Waals surface area contributed by atoms with Crippen LogP contribution in [0.3, 0.4) is 0 Å². The summed E-state index contributed by atoms with van der Waals surface area (Å²) in [7, 11) is 1.50. The molecule has 24 heavy (non-hydrogen) atoms. The third-order valence-electron chi connectivity index (χ3n) is 4.42. The van der Waals surface area contributed by atoms with E-state index in [0.717, 1.165) is 0 Å². The lowest BCUT2D eigenvalue weighted by Gasteiger charge is -2.22. The average molecular weight is 323 g/mol. The Kier molecular flexibility index (Phi) is 2.83. The molecule has 0 spiro atoms. The molecule has 0 bridgehead atoms. The van der Waals surface area contributed by atoms with Crippen molar-refractivity contribution in [1.82, 2.24) is 0 Å². The molecular weight excluding hydrogens is 310 g/mol. The summed E-state index contributed by atoms with van der Waals surface area (Å²) in [6, 6.07) is 13.0. The topological polar surface area (TPSA) is 91.0 Å². The van der Waals surface area contributed by atoms with Gasteiger partial charge in [-0.2, -0.15) is 0 Å². The highest BCUT2D eigenvalue weighted by molar-refractivity contribution is 6.09. The Morgan fingerprint density at radius 2 is 1.71 bits per heavy atom. The van der Waals surface area contributed by atoms with E-state index in [1.165, 1.54) is 18.0 Å². The van der Waals surface area contributed by atoms with Crippen LogP contribution < -0.4 is 10.5 Å². The highest BCUT2D eigenvalue weighted by atomic mass is 16.4. The van der Waals surface area contributed by atoms with Gasteiger partial charge in [0.2, 0.25) is 5.60 Å². The van der Waals surface area contributed by atoms with E-state index >= 15 is 0 Å². The van der Waals surface area contributed by atoms with Gasteiger partial charge in [-0.1, -0.05) is 30.3 Å². The van der Waals surface area contributed by atoms with Gasteiger partial charge in [0.05, 0.1) is 11.1 Å². The molecule has 2 heterocycles. The van der Waals surface area contributed by atoms with E-state index in [-0.39, 0.29) is 16.5 Å². The summed E-state index contributed by atoms with van der Waals surface area (Å²) in [4.78, 5) is 26.4. The Morgan fingerprint density at radius 3 is 2.50 bits per heavy atom. The lowest BCUT2D eigenvalue weighted by Crippen LogP contribution is -2.42. The molecule has 1 amide bonds. The zero-order valence-corrected chi connectivity index (χ0v) is 12.7. The van der Waals surface area contributed by atoms with Crippen molar-refractivity contribution >= 4 is 22.6 Å². The summed E-state index contributed by atoms with van der Waals surface area (Å²) >= 11 is 0. The molecule has 1 aliphatic heterocycles. The third kappa shape index (κ3) is 1.63. The number of fused-ring (bicyclic) bond motifs is 2. The first-order valence-electron chi connectivity index (χ1n) is 7.31. The molecule has 0 saturated carbocycles. The molecule has 6 nitrogen and oxygen atoms in total. The number of rotatable bonds is 1. The number of amides is 1. The van der Waals surface area contributed by atoms with Crippen molar-refractivity contribution in [2.24, 2.45) is 0 Å². The zero-order valence-electron chi connectivity index (χ0n) is 12.7. The lowest BCUT2D eigenvalue weighted by atomic mass is 9.87. The van der Waals surface area contributed by atoms with Crippen molar-refractivity contribution < 1.29 is 19.4 Å². The van der Waals surface area contributed by atoms with E-state index in [1.54, 1.807) is 42.5 Å². The Balaban J connectivity index is 2.12. The van der Waals surface area contributed by atoms with Crippen LogP contribution in [0.1, 0.15) is 11.1 Å². The number of para-hydroxylation sites is 2. The molecule has 0 radical (unpaired) electrons. The van der Waals surface area contributed by atoms with Gasteiger partial charge >= 0.3 is 5.63 Å². The van der Waals surface area contributed by atoms with Crippen LogP contribution in [0.4, 0.5) is 5.69 Å². The second-order valence-electron chi connectivity index (χ2n) is 5.70. The number of anilines is 1. The Labute approximate surface area is 136 Å². The van der Waals surface area contributed by atoms with Crippen LogP contribution in [0.5, 0.6) is 5.75 Å². The Bertz CT molecular complexity index is 1050. The fourth-order valence-corrected chi connectivity index (χ4v) is 3.23. The van der Waals surface area contributed by atoms with Crippen molar-refractivity contribution in [1.29, 1.82) is 0 Å². The molecule has 0 fully saturated rings. The summed E-state index contributed by atoms with van der Waals surface area (Å²) < 4.78 is 5.20. The molecule has 1 atom stereocenters. The van der Waals surface area contributed by atoms with Gasteiger partial charge in [0.25, 0.3) is 5.91 Å². The summed E-state index contributed by atoms with van der Waals surface area (Å²) in [5, 5.41) is 22.0. The van der Waals surface area contributed by atoms with Crippen LogP contribution in [0, 0.1) is 0 Å². The monoisotopic (exact) mass is 323 g/mol. The van der Waals surface area contributed by atoms with Gasteiger partial charge in [-0.3, -0.25) is 4.79 Å². The van der Waals surface area contributed by atoms with Gasteiger partial charge in [0.15, 0.2) is 0 Å². The summed E-state index contributed by atoms with van der Waals surface area (Å²) in [6.45, 7) is 0. The van der Waals surface area contributed by atoms with Crippen LogP contribution in [0.25, 0.3) is 11.0 Å². The quantitative estimate of drug-likeness (QED) is 0.665. The number of aliphatic hydroxyl groups is 1. The predicted octanol–water partition coefficient (Wildman–Crippen LogP) is 1.71. The number of nitrogens with zero attached hydrogens (tertiary/aromatic N) is 1. The summed E-state index contributed by atoms with van der Waals surface area (Å²) in [5.41, 5.74) is -2.83. The van der Waals surface area contributed by atoms with E-state index in [2.05, 4.69) is 0 Å². The maximum atomic E-state index is 12.7. The first-order chi connectivity index (χ1) is 11.5. The molecule has 1 unspecified atom stereocenters. The van der Waals surface area contributed by atoms with Crippen molar-refractivity contribution in [2.45, 2.75) is 5.60 Å². The second-order valence-corrected chi connectivity index (χ2v) is 5.70. The smallest absolute Gasteiger partial charge is 0.347 e. The average Bonchev–Trinajstić information content (AvgIpc) is 2.78. The van der Waals surface area contributed by atoms with E-state index < -0.39 is 28.4 Å². The van der Waals surface area contributed by atoms with E-state index in [1.807, 2.05) is 0 Å². The lowest BCUT2D eigenvalue weighted by molar-refractivity contribution is -0.132. The fourth-order valence-electron chi connectivity index (χ4n) is 3.23. The maximum absolute atomic E-state index is 12.7. The van der Waals surface area contributed by atoms with Crippen LogP contribution >= 0.6 is 0 Å². The number of hydrogen-bond acceptors (Lipinski definition) is 5. The van der Waals surface area contributed by atoms with E-state index in [9.17, 15) is 19.8 Å². The standard InChI is InChI=1S/C18H13NO5/c1-19-12-8-4-3-7-11(12)18(23,17(19)22)14-15(20)10-6-2-5-9-13(10)24-16(14)21/h2-9,20,23H,1H3. The summed E-state index contributed by atoms with van der Waals surface area (Å²) in [6.07, 6.45) is 0. The van der Waals surface area contributed by atoms with Gasteiger partial charge in [0, 0.05) is 12.6 Å².